The molecule has 6 N–H and O–H groups in total. The molecule has 31 heavy (non-hydrogen) atoms. The van der Waals surface area contributed by atoms with Crippen LogP contribution in [0.1, 0.15) is 12.5 Å². The number of rotatable bonds is 6. The van der Waals surface area contributed by atoms with Gasteiger partial charge in [0.25, 0.3) is 0 Å². The molecule has 0 aliphatic carbocycles. The first-order chi connectivity index (χ1) is 15.0. The largest absolute Gasteiger partial charge is 0.398 e. The number of amides is 1. The van der Waals surface area contributed by atoms with E-state index in [0.717, 1.165) is 21.5 Å². The van der Waals surface area contributed by atoms with Crippen LogP contribution in [0, 0.1) is 5.41 Å². The Kier molecular flexibility index (Phi) is 6.66. The second-order valence-corrected chi connectivity index (χ2v) is 8.32. The van der Waals surface area contributed by atoms with Gasteiger partial charge in [0.1, 0.15) is 6.79 Å². The van der Waals surface area contributed by atoms with Gasteiger partial charge in [-0.25, -0.2) is 0 Å². The maximum absolute atomic E-state index is 12.3. The van der Waals surface area contributed by atoms with E-state index in [0.29, 0.717) is 17.8 Å². The molecule has 0 saturated carbocycles. The Hall–Kier alpha value is -3.72. The van der Waals surface area contributed by atoms with Crippen LogP contribution < -0.4 is 21.8 Å². The number of carbonyl (C=O) groups is 2. The Morgan fingerprint density at radius 1 is 1.35 bits per heavy atom. The third-order valence-corrected chi connectivity index (χ3v) is 5.97. The third-order valence-electron chi connectivity index (χ3n) is 4.82. The van der Waals surface area contributed by atoms with E-state index >= 15 is 0 Å². The van der Waals surface area contributed by atoms with E-state index in [1.165, 1.54) is 10.9 Å². The Morgan fingerprint density at radius 3 is 2.81 bits per heavy atom. The van der Waals surface area contributed by atoms with Gasteiger partial charge in [0.15, 0.2) is 0 Å². The highest BCUT2D eigenvalue weighted by Crippen LogP contribution is 2.38. The van der Waals surface area contributed by atoms with Crippen molar-refractivity contribution in [3.8, 4) is 10.4 Å². The first-order valence-electron chi connectivity index (χ1n) is 9.51. The first kappa shape index (κ1) is 22.0. The van der Waals surface area contributed by atoms with Crippen LogP contribution in [-0.2, 0) is 9.59 Å². The lowest BCUT2D eigenvalue weighted by molar-refractivity contribution is -0.120. The second kappa shape index (κ2) is 9.40. The highest BCUT2D eigenvalue weighted by molar-refractivity contribution is 7.22. The van der Waals surface area contributed by atoms with Crippen molar-refractivity contribution in [3.05, 3.63) is 48.0 Å². The smallest absolute Gasteiger partial charge is 0.240 e. The zero-order chi connectivity index (χ0) is 22.4. The van der Waals surface area contributed by atoms with Crippen LogP contribution in [0.4, 0.5) is 11.4 Å². The van der Waals surface area contributed by atoms with Gasteiger partial charge < -0.3 is 32.0 Å². The molecule has 9 heteroatoms. The Balaban J connectivity index is 0.00000132. The van der Waals surface area contributed by atoms with E-state index in [9.17, 15) is 4.79 Å². The lowest BCUT2D eigenvalue weighted by Crippen LogP contribution is -2.51. The van der Waals surface area contributed by atoms with E-state index in [4.69, 9.17) is 15.9 Å². The molecular weight excluding hydrogens is 412 g/mol. The quantitative estimate of drug-likeness (QED) is 0.299. The van der Waals surface area contributed by atoms with Gasteiger partial charge in [-0.05, 0) is 36.6 Å². The minimum Gasteiger partial charge on any atom is -0.398 e. The summed E-state index contributed by atoms with van der Waals surface area (Å²) in [5.41, 5.74) is 11.5. The second-order valence-electron chi connectivity index (χ2n) is 7.23. The maximum atomic E-state index is 12.3. The minimum absolute atomic E-state index is 0.108. The van der Waals surface area contributed by atoms with Crippen molar-refractivity contribution in [3.63, 3.8) is 0 Å². The summed E-state index contributed by atoms with van der Waals surface area (Å²) in [5.74, 6) is -0.140. The summed E-state index contributed by atoms with van der Waals surface area (Å²) < 4.78 is 1.18. The van der Waals surface area contributed by atoms with Gasteiger partial charge in [0.05, 0.1) is 24.8 Å². The fraction of sp³-hybridized carbons (Fsp3) is 0.182. The summed E-state index contributed by atoms with van der Waals surface area (Å²) in [6, 6.07) is 14.0. The number of hydrazone groups is 1. The van der Waals surface area contributed by atoms with Crippen LogP contribution in [0.2, 0.25) is 0 Å². The molecule has 1 aliphatic rings. The average molecular weight is 437 g/mol. The van der Waals surface area contributed by atoms with Crippen molar-refractivity contribution in [2.75, 3.05) is 24.1 Å². The van der Waals surface area contributed by atoms with Gasteiger partial charge in [0, 0.05) is 38.3 Å². The summed E-state index contributed by atoms with van der Waals surface area (Å²) in [5, 5.41) is 18.9. The van der Waals surface area contributed by atoms with Gasteiger partial charge in [-0.3, -0.25) is 4.79 Å². The predicted octanol–water partition coefficient (Wildman–Crippen LogP) is 2.84. The molecule has 1 aromatic heterocycles. The number of anilines is 2. The van der Waals surface area contributed by atoms with Crippen molar-refractivity contribution in [1.29, 1.82) is 5.41 Å². The van der Waals surface area contributed by atoms with E-state index in [2.05, 4.69) is 39.4 Å². The number of nitrogens with zero attached hydrogens (tertiary/aromatic N) is 1. The molecule has 3 aromatic rings. The zero-order valence-corrected chi connectivity index (χ0v) is 17.9. The molecule has 8 nitrogen and oxygen atoms in total. The number of hydrogen-bond donors (Lipinski definition) is 5. The van der Waals surface area contributed by atoms with Crippen molar-refractivity contribution >= 4 is 57.9 Å². The van der Waals surface area contributed by atoms with E-state index in [-0.39, 0.29) is 12.5 Å². The Labute approximate surface area is 184 Å². The molecule has 1 atom stereocenters. The molecule has 0 spiro atoms. The lowest BCUT2D eigenvalue weighted by Gasteiger charge is -2.21. The molecule has 2 aromatic carbocycles. The number of fused-ring (bicyclic) bond motifs is 1. The molecule has 1 unspecified atom stereocenters. The van der Waals surface area contributed by atoms with Gasteiger partial charge >= 0.3 is 0 Å². The molecule has 0 radical (unpaired) electrons. The number of nitrogens with two attached hydrogens (primary N) is 1. The molecule has 2 heterocycles. The van der Waals surface area contributed by atoms with E-state index in [1.807, 2.05) is 31.9 Å². The normalized spacial score (nSPS) is 16.8. The van der Waals surface area contributed by atoms with Crippen LogP contribution >= 0.6 is 11.3 Å². The fourth-order valence-corrected chi connectivity index (χ4v) is 4.37. The SMILES string of the molecule is C=O.CC1(NC(=O)CNc2cc(C=N)c(N)c(-c3cc4ccccc4s3)c2)C=NNC1. The van der Waals surface area contributed by atoms with Crippen molar-refractivity contribution < 1.29 is 9.59 Å². The number of carbonyl (C=O) groups excluding carboxylic acids is 2. The molecule has 0 saturated heterocycles. The Morgan fingerprint density at radius 2 is 2.13 bits per heavy atom. The number of nitrogens with one attached hydrogen (secondary N) is 4. The monoisotopic (exact) mass is 436 g/mol. The summed E-state index contributed by atoms with van der Waals surface area (Å²) in [7, 11) is 0. The summed E-state index contributed by atoms with van der Waals surface area (Å²) >= 11 is 1.65. The highest BCUT2D eigenvalue weighted by Gasteiger charge is 2.27. The minimum atomic E-state index is -0.484. The van der Waals surface area contributed by atoms with Crippen molar-refractivity contribution in [2.24, 2.45) is 5.10 Å². The molecule has 1 amide bonds. The number of nitrogen functional groups attached to an aromatic ring is 1. The van der Waals surface area contributed by atoms with Crippen LogP contribution in [0.5, 0.6) is 0 Å². The molecule has 0 fully saturated rings. The number of thiophene rings is 1. The molecule has 0 bridgehead atoms. The standard InChI is InChI=1S/C21H22N6OS.CH2O/c1-21(11-25-26-12-21)27-19(28)10-24-15-6-14(9-22)20(23)16(8-15)18-7-13-4-2-3-5-17(13)29-18;1-2/h2-9,11,22,24,26H,10,12,23H2,1H3,(H,27,28);1H2. The van der Waals surface area contributed by atoms with Crippen LogP contribution in [-0.4, -0.2) is 43.8 Å². The topological polar surface area (TPSA) is 132 Å². The maximum Gasteiger partial charge on any atom is 0.240 e. The summed E-state index contributed by atoms with van der Waals surface area (Å²) in [4.78, 5) is 21.4. The van der Waals surface area contributed by atoms with Crippen LogP contribution in [0.3, 0.4) is 0 Å². The van der Waals surface area contributed by atoms with Crippen LogP contribution in [0.25, 0.3) is 20.5 Å². The highest BCUT2D eigenvalue weighted by atomic mass is 32.1. The van der Waals surface area contributed by atoms with E-state index in [1.54, 1.807) is 23.6 Å². The molecule has 4 rings (SSSR count). The van der Waals surface area contributed by atoms with Crippen molar-refractivity contribution in [2.45, 2.75) is 12.5 Å². The molecule has 160 valence electrons. The van der Waals surface area contributed by atoms with Gasteiger partial charge in [-0.1, -0.05) is 18.2 Å². The van der Waals surface area contributed by atoms with Crippen molar-refractivity contribution in [1.82, 2.24) is 10.7 Å². The summed E-state index contributed by atoms with van der Waals surface area (Å²) in [6.45, 7) is 4.58. The zero-order valence-electron chi connectivity index (χ0n) is 17.1. The first-order valence-corrected chi connectivity index (χ1v) is 10.3. The molecular formula is C22H24N6O2S. The molecule has 1 aliphatic heterocycles. The number of hydrogen-bond acceptors (Lipinski definition) is 8. The van der Waals surface area contributed by atoms with E-state index < -0.39 is 5.54 Å². The summed E-state index contributed by atoms with van der Waals surface area (Å²) in [6.07, 6.45) is 2.93. The predicted molar refractivity (Wildman–Crippen MR) is 128 cm³/mol. The fourth-order valence-electron chi connectivity index (χ4n) is 3.28. The van der Waals surface area contributed by atoms with Gasteiger partial charge in [-0.2, -0.15) is 5.10 Å². The van der Waals surface area contributed by atoms with Crippen LogP contribution in [0.15, 0.2) is 47.6 Å². The Bertz CT molecular complexity index is 1110. The van der Waals surface area contributed by atoms with Gasteiger partial charge in [-0.15, -0.1) is 11.3 Å². The lowest BCUT2D eigenvalue weighted by atomic mass is 10.0. The van der Waals surface area contributed by atoms with Gasteiger partial charge in [0.2, 0.25) is 5.91 Å². The number of benzene rings is 2. The average Bonchev–Trinajstić information content (AvgIpc) is 3.40. The third kappa shape index (κ3) is 4.89.